The van der Waals surface area contributed by atoms with Crippen molar-refractivity contribution >= 4 is 29.2 Å². The molecule has 1 N–H and O–H groups in total. The summed E-state index contributed by atoms with van der Waals surface area (Å²) in [5.74, 6) is 0.229. The van der Waals surface area contributed by atoms with Crippen LogP contribution in [-0.2, 0) is 0 Å². The Labute approximate surface area is 136 Å². The molecule has 0 radical (unpaired) electrons. The molecule has 116 valence electrons. The Kier molecular flexibility index (Phi) is 5.45. The summed E-state index contributed by atoms with van der Waals surface area (Å²) in [4.78, 5) is 6.61. The van der Waals surface area contributed by atoms with Gasteiger partial charge in [-0.3, -0.25) is 4.99 Å². The molecule has 0 saturated heterocycles. The highest BCUT2D eigenvalue weighted by molar-refractivity contribution is 6.31. The van der Waals surface area contributed by atoms with Gasteiger partial charge >= 0.3 is 0 Å². The summed E-state index contributed by atoms with van der Waals surface area (Å²) in [5, 5.41) is 10.9. The summed E-state index contributed by atoms with van der Waals surface area (Å²) in [6.07, 6.45) is 1.67. The highest BCUT2D eigenvalue weighted by Crippen LogP contribution is 2.27. The molecule has 0 aromatic heterocycles. The van der Waals surface area contributed by atoms with Crippen molar-refractivity contribution in [1.82, 2.24) is 0 Å². The van der Waals surface area contributed by atoms with Crippen molar-refractivity contribution in [3.05, 3.63) is 52.5 Å². The number of aromatic hydroxyl groups is 1. The van der Waals surface area contributed by atoms with E-state index in [2.05, 4.69) is 23.7 Å². The quantitative estimate of drug-likeness (QED) is 0.792. The molecular formula is C18H21ClN2O. The molecule has 4 heteroatoms. The number of phenolic OH excluding ortho intramolecular Hbond substituents is 1. The van der Waals surface area contributed by atoms with E-state index < -0.39 is 0 Å². The molecule has 2 aromatic rings. The minimum atomic E-state index is 0.229. The van der Waals surface area contributed by atoms with Crippen molar-refractivity contribution in [2.75, 3.05) is 18.0 Å². The van der Waals surface area contributed by atoms with Gasteiger partial charge in [0.2, 0.25) is 0 Å². The van der Waals surface area contributed by atoms with Gasteiger partial charge in [-0.15, -0.1) is 0 Å². The third-order valence-corrected chi connectivity index (χ3v) is 4.13. The number of aliphatic imine (C=N–C) groups is 1. The topological polar surface area (TPSA) is 35.8 Å². The Bertz CT molecular complexity index is 679. The van der Waals surface area contributed by atoms with E-state index >= 15 is 0 Å². The van der Waals surface area contributed by atoms with Crippen LogP contribution in [0, 0.1) is 6.92 Å². The molecule has 0 heterocycles. The predicted molar refractivity (Wildman–Crippen MR) is 95.1 cm³/mol. The minimum absolute atomic E-state index is 0.229. The average molecular weight is 317 g/mol. The number of rotatable bonds is 5. The lowest BCUT2D eigenvalue weighted by molar-refractivity contribution is 0.474. The maximum absolute atomic E-state index is 10.2. The molecule has 3 nitrogen and oxygen atoms in total. The van der Waals surface area contributed by atoms with Crippen molar-refractivity contribution in [1.29, 1.82) is 0 Å². The summed E-state index contributed by atoms with van der Waals surface area (Å²) in [6.45, 7) is 7.93. The standard InChI is InChI=1S/C18H21ClN2O/c1-4-21(5-2)15-10-9-14(18(22)11-15)12-20-17-8-6-7-16(19)13(17)3/h6-12,22H,4-5H2,1-3H3. The summed E-state index contributed by atoms with van der Waals surface area (Å²) < 4.78 is 0. The molecule has 0 atom stereocenters. The Morgan fingerprint density at radius 3 is 2.55 bits per heavy atom. The van der Waals surface area contributed by atoms with Gasteiger partial charge in [0.15, 0.2) is 0 Å². The van der Waals surface area contributed by atoms with E-state index in [1.54, 1.807) is 12.3 Å². The van der Waals surface area contributed by atoms with Crippen LogP contribution >= 0.6 is 11.6 Å². The molecule has 0 aliphatic heterocycles. The summed E-state index contributed by atoms with van der Waals surface area (Å²) in [5.41, 5.74) is 3.44. The number of hydrogen-bond donors (Lipinski definition) is 1. The predicted octanol–water partition coefficient (Wildman–Crippen LogP) is 4.95. The fourth-order valence-corrected chi connectivity index (χ4v) is 2.47. The van der Waals surface area contributed by atoms with E-state index in [4.69, 9.17) is 11.6 Å². The number of halogens is 1. The average Bonchev–Trinajstić information content (AvgIpc) is 2.51. The van der Waals surface area contributed by atoms with E-state index in [9.17, 15) is 5.11 Å². The van der Waals surface area contributed by atoms with Gasteiger partial charge in [-0.2, -0.15) is 0 Å². The normalized spacial score (nSPS) is 11.1. The first-order chi connectivity index (χ1) is 10.6. The van der Waals surface area contributed by atoms with Crippen LogP contribution in [0.5, 0.6) is 5.75 Å². The molecule has 2 rings (SSSR count). The molecular weight excluding hydrogens is 296 g/mol. The van der Waals surface area contributed by atoms with Crippen LogP contribution in [0.2, 0.25) is 5.02 Å². The molecule has 0 saturated carbocycles. The Morgan fingerprint density at radius 1 is 1.18 bits per heavy atom. The maximum Gasteiger partial charge on any atom is 0.126 e. The van der Waals surface area contributed by atoms with Crippen LogP contribution in [-0.4, -0.2) is 24.4 Å². The van der Waals surface area contributed by atoms with E-state index in [1.165, 1.54) is 0 Å². The van der Waals surface area contributed by atoms with E-state index in [0.717, 1.165) is 30.0 Å². The number of phenols is 1. The van der Waals surface area contributed by atoms with Crippen LogP contribution in [0.25, 0.3) is 0 Å². The molecule has 0 aliphatic carbocycles. The van der Waals surface area contributed by atoms with E-state index in [-0.39, 0.29) is 5.75 Å². The van der Waals surface area contributed by atoms with Crippen molar-refractivity contribution in [2.45, 2.75) is 20.8 Å². The molecule has 0 amide bonds. The van der Waals surface area contributed by atoms with Gasteiger partial charge in [0, 0.05) is 41.6 Å². The van der Waals surface area contributed by atoms with Crippen LogP contribution in [0.1, 0.15) is 25.0 Å². The molecule has 0 fully saturated rings. The number of nitrogens with zero attached hydrogens (tertiary/aromatic N) is 2. The van der Waals surface area contributed by atoms with Crippen molar-refractivity contribution in [2.24, 2.45) is 4.99 Å². The third kappa shape index (κ3) is 3.60. The second kappa shape index (κ2) is 7.32. The Balaban J connectivity index is 2.27. The summed E-state index contributed by atoms with van der Waals surface area (Å²) in [6, 6.07) is 11.3. The first kappa shape index (κ1) is 16.4. The van der Waals surface area contributed by atoms with Gasteiger partial charge in [-0.1, -0.05) is 17.7 Å². The van der Waals surface area contributed by atoms with Crippen LogP contribution in [0.3, 0.4) is 0 Å². The molecule has 22 heavy (non-hydrogen) atoms. The van der Waals surface area contributed by atoms with Crippen LogP contribution in [0.15, 0.2) is 41.4 Å². The molecule has 0 spiro atoms. The van der Waals surface area contributed by atoms with Gasteiger partial charge in [-0.05, 0) is 50.6 Å². The summed E-state index contributed by atoms with van der Waals surface area (Å²) >= 11 is 6.09. The zero-order valence-corrected chi connectivity index (χ0v) is 13.9. The van der Waals surface area contributed by atoms with Gasteiger partial charge < -0.3 is 10.0 Å². The second-order valence-electron chi connectivity index (χ2n) is 5.06. The Hall–Kier alpha value is -2.00. The van der Waals surface area contributed by atoms with E-state index in [1.807, 2.05) is 37.3 Å². The summed E-state index contributed by atoms with van der Waals surface area (Å²) in [7, 11) is 0. The smallest absolute Gasteiger partial charge is 0.126 e. The maximum atomic E-state index is 10.2. The van der Waals surface area contributed by atoms with Gasteiger partial charge in [0.25, 0.3) is 0 Å². The van der Waals surface area contributed by atoms with E-state index in [0.29, 0.717) is 10.6 Å². The van der Waals surface area contributed by atoms with Gasteiger partial charge in [0.1, 0.15) is 5.75 Å². The van der Waals surface area contributed by atoms with Gasteiger partial charge in [0.05, 0.1) is 5.69 Å². The lowest BCUT2D eigenvalue weighted by atomic mass is 10.1. The number of benzene rings is 2. The molecule has 0 aliphatic rings. The third-order valence-electron chi connectivity index (χ3n) is 3.72. The number of anilines is 1. The van der Waals surface area contributed by atoms with Gasteiger partial charge in [-0.25, -0.2) is 0 Å². The zero-order valence-electron chi connectivity index (χ0n) is 13.2. The number of hydrogen-bond acceptors (Lipinski definition) is 3. The largest absolute Gasteiger partial charge is 0.507 e. The zero-order chi connectivity index (χ0) is 16.1. The van der Waals surface area contributed by atoms with Crippen LogP contribution in [0.4, 0.5) is 11.4 Å². The van der Waals surface area contributed by atoms with Crippen molar-refractivity contribution in [3.8, 4) is 5.75 Å². The second-order valence-corrected chi connectivity index (χ2v) is 5.46. The van der Waals surface area contributed by atoms with Crippen molar-refractivity contribution < 1.29 is 5.11 Å². The SMILES string of the molecule is CCN(CC)c1ccc(C=Nc2cccc(Cl)c2C)c(O)c1. The van der Waals surface area contributed by atoms with Crippen molar-refractivity contribution in [3.63, 3.8) is 0 Å². The molecule has 2 aromatic carbocycles. The minimum Gasteiger partial charge on any atom is -0.507 e. The van der Waals surface area contributed by atoms with Crippen LogP contribution < -0.4 is 4.90 Å². The highest BCUT2D eigenvalue weighted by atomic mass is 35.5. The first-order valence-corrected chi connectivity index (χ1v) is 7.81. The fraction of sp³-hybridized carbons (Fsp3) is 0.278. The Morgan fingerprint density at radius 2 is 1.91 bits per heavy atom. The monoisotopic (exact) mass is 316 g/mol. The fourth-order valence-electron chi connectivity index (χ4n) is 2.30. The first-order valence-electron chi connectivity index (χ1n) is 7.44. The molecule has 0 unspecified atom stereocenters. The molecule has 0 bridgehead atoms. The highest BCUT2D eigenvalue weighted by Gasteiger charge is 2.06. The lowest BCUT2D eigenvalue weighted by Gasteiger charge is -2.21. The lowest BCUT2D eigenvalue weighted by Crippen LogP contribution is -2.21.